The van der Waals surface area contributed by atoms with Gasteiger partial charge in [0.25, 0.3) is 5.91 Å². The third kappa shape index (κ3) is 3.86. The van der Waals surface area contributed by atoms with Crippen LogP contribution >= 0.6 is 0 Å². The van der Waals surface area contributed by atoms with E-state index < -0.39 is 0 Å². The maximum Gasteiger partial charge on any atom is 0.254 e. The summed E-state index contributed by atoms with van der Waals surface area (Å²) in [5, 5.41) is 3.19. The van der Waals surface area contributed by atoms with Crippen LogP contribution in [0.3, 0.4) is 0 Å². The van der Waals surface area contributed by atoms with Crippen LogP contribution in [0.1, 0.15) is 46.3 Å². The second-order valence-corrected chi connectivity index (χ2v) is 7.07. The molecule has 3 heterocycles. The number of rotatable bonds is 4. The standard InChI is InChI=1S/C22H23N5O/c1-15-14-16(2)24-22(23-15)26-20-12-6-10-18(25-20)19-11-7-13-27(19)21(28)17-8-4-3-5-9-17/h3-6,8-10,12,14,19H,7,11,13H2,1-2H3,(H,23,24,25,26)/t19-/m1/s1. The Hall–Kier alpha value is -3.28. The summed E-state index contributed by atoms with van der Waals surface area (Å²) in [6, 6.07) is 17.2. The predicted octanol–water partition coefficient (Wildman–Crippen LogP) is 4.21. The zero-order valence-electron chi connectivity index (χ0n) is 16.1. The van der Waals surface area contributed by atoms with Crippen LogP contribution in [0.5, 0.6) is 0 Å². The number of aryl methyl sites for hydroxylation is 2. The Balaban J connectivity index is 1.57. The molecule has 1 aromatic carbocycles. The van der Waals surface area contributed by atoms with Crippen LogP contribution in [-0.4, -0.2) is 32.3 Å². The lowest BCUT2D eigenvalue weighted by atomic mass is 10.1. The Morgan fingerprint density at radius 2 is 1.75 bits per heavy atom. The van der Waals surface area contributed by atoms with Crippen molar-refractivity contribution in [2.75, 3.05) is 11.9 Å². The van der Waals surface area contributed by atoms with E-state index in [-0.39, 0.29) is 11.9 Å². The molecular weight excluding hydrogens is 350 g/mol. The van der Waals surface area contributed by atoms with Crippen LogP contribution in [0.25, 0.3) is 0 Å². The van der Waals surface area contributed by atoms with E-state index in [1.165, 1.54) is 0 Å². The third-order valence-corrected chi connectivity index (χ3v) is 4.87. The number of likely N-dealkylation sites (tertiary alicyclic amines) is 1. The summed E-state index contributed by atoms with van der Waals surface area (Å²) >= 11 is 0. The molecule has 1 saturated heterocycles. The van der Waals surface area contributed by atoms with E-state index in [2.05, 4.69) is 15.3 Å². The van der Waals surface area contributed by atoms with E-state index in [0.717, 1.165) is 36.5 Å². The van der Waals surface area contributed by atoms with Crippen molar-refractivity contribution < 1.29 is 4.79 Å². The Labute approximate surface area is 164 Å². The first-order chi connectivity index (χ1) is 13.6. The predicted molar refractivity (Wildman–Crippen MR) is 108 cm³/mol. The molecule has 1 atom stereocenters. The van der Waals surface area contributed by atoms with Gasteiger partial charge in [-0.2, -0.15) is 0 Å². The maximum absolute atomic E-state index is 12.9. The average molecular weight is 373 g/mol. The molecule has 2 aromatic heterocycles. The van der Waals surface area contributed by atoms with Crippen LogP contribution in [0.2, 0.25) is 0 Å². The molecule has 0 aliphatic carbocycles. The number of carbonyl (C=O) groups excluding carboxylic acids is 1. The Bertz CT molecular complexity index is 969. The Morgan fingerprint density at radius 3 is 2.50 bits per heavy atom. The molecule has 1 aliphatic heterocycles. The topological polar surface area (TPSA) is 71.0 Å². The molecule has 142 valence electrons. The largest absolute Gasteiger partial charge is 0.330 e. The number of hydrogen-bond acceptors (Lipinski definition) is 5. The number of carbonyl (C=O) groups is 1. The number of aromatic nitrogens is 3. The van der Waals surface area contributed by atoms with Crippen LogP contribution in [0.4, 0.5) is 11.8 Å². The van der Waals surface area contributed by atoms with E-state index in [4.69, 9.17) is 4.98 Å². The monoisotopic (exact) mass is 373 g/mol. The molecule has 28 heavy (non-hydrogen) atoms. The first-order valence-electron chi connectivity index (χ1n) is 9.52. The molecule has 0 saturated carbocycles. The highest BCUT2D eigenvalue weighted by Gasteiger charge is 2.31. The number of benzene rings is 1. The summed E-state index contributed by atoms with van der Waals surface area (Å²) < 4.78 is 0. The fraction of sp³-hybridized carbons (Fsp3) is 0.273. The lowest BCUT2D eigenvalue weighted by molar-refractivity contribution is 0.0733. The number of hydrogen-bond donors (Lipinski definition) is 1. The highest BCUT2D eigenvalue weighted by atomic mass is 16.2. The molecule has 6 nitrogen and oxygen atoms in total. The number of pyridine rings is 1. The Kier molecular flexibility index (Phi) is 5.02. The number of nitrogens with zero attached hydrogens (tertiary/aromatic N) is 4. The molecule has 3 aromatic rings. The van der Waals surface area contributed by atoms with Gasteiger partial charge < -0.3 is 10.2 Å². The van der Waals surface area contributed by atoms with Gasteiger partial charge in [0, 0.05) is 23.5 Å². The molecule has 0 unspecified atom stereocenters. The van der Waals surface area contributed by atoms with Crippen LogP contribution in [-0.2, 0) is 0 Å². The molecule has 0 radical (unpaired) electrons. The molecule has 4 rings (SSSR count). The molecule has 0 spiro atoms. The van der Waals surface area contributed by atoms with E-state index in [0.29, 0.717) is 17.3 Å². The van der Waals surface area contributed by atoms with Crippen molar-refractivity contribution in [1.82, 2.24) is 19.9 Å². The van der Waals surface area contributed by atoms with E-state index in [1.54, 1.807) is 0 Å². The van der Waals surface area contributed by atoms with Gasteiger partial charge in [-0.25, -0.2) is 15.0 Å². The van der Waals surface area contributed by atoms with Gasteiger partial charge in [-0.1, -0.05) is 24.3 Å². The zero-order chi connectivity index (χ0) is 19.5. The van der Waals surface area contributed by atoms with E-state index in [1.807, 2.05) is 73.3 Å². The van der Waals surface area contributed by atoms with Crippen molar-refractivity contribution in [3.8, 4) is 0 Å². The maximum atomic E-state index is 12.9. The van der Waals surface area contributed by atoms with Crippen molar-refractivity contribution in [2.45, 2.75) is 32.7 Å². The first kappa shape index (κ1) is 18.1. The minimum Gasteiger partial charge on any atom is -0.330 e. The van der Waals surface area contributed by atoms with Crippen LogP contribution in [0, 0.1) is 13.8 Å². The highest BCUT2D eigenvalue weighted by molar-refractivity contribution is 5.94. The number of nitrogens with one attached hydrogen (secondary N) is 1. The Morgan fingerprint density at radius 1 is 1.00 bits per heavy atom. The third-order valence-electron chi connectivity index (χ3n) is 4.87. The van der Waals surface area contributed by atoms with Crippen molar-refractivity contribution >= 4 is 17.7 Å². The van der Waals surface area contributed by atoms with Crippen molar-refractivity contribution in [3.05, 3.63) is 77.2 Å². The summed E-state index contributed by atoms with van der Waals surface area (Å²) in [6.45, 7) is 4.63. The van der Waals surface area contributed by atoms with Crippen molar-refractivity contribution in [3.63, 3.8) is 0 Å². The quantitative estimate of drug-likeness (QED) is 0.742. The fourth-order valence-corrected chi connectivity index (χ4v) is 3.67. The van der Waals surface area contributed by atoms with Gasteiger partial charge in [-0.05, 0) is 57.0 Å². The molecule has 1 amide bonds. The molecule has 1 aliphatic rings. The van der Waals surface area contributed by atoms with Gasteiger partial charge in [0.05, 0.1) is 11.7 Å². The van der Waals surface area contributed by atoms with Gasteiger partial charge in [0.2, 0.25) is 5.95 Å². The van der Waals surface area contributed by atoms with Gasteiger partial charge in [0.1, 0.15) is 5.82 Å². The first-order valence-corrected chi connectivity index (χ1v) is 9.52. The second kappa shape index (κ2) is 7.76. The van der Waals surface area contributed by atoms with E-state index in [9.17, 15) is 4.79 Å². The minimum absolute atomic E-state index is 0.0189. The number of anilines is 2. The SMILES string of the molecule is Cc1cc(C)nc(Nc2cccc([C@H]3CCCN3C(=O)c3ccccc3)n2)n1. The fourth-order valence-electron chi connectivity index (χ4n) is 3.67. The summed E-state index contributed by atoms with van der Waals surface area (Å²) in [5.41, 5.74) is 3.41. The highest BCUT2D eigenvalue weighted by Crippen LogP contribution is 2.32. The zero-order valence-corrected chi connectivity index (χ0v) is 16.1. The summed E-state index contributed by atoms with van der Waals surface area (Å²) in [4.78, 5) is 28.4. The summed E-state index contributed by atoms with van der Waals surface area (Å²) in [5.74, 6) is 1.27. The van der Waals surface area contributed by atoms with Crippen molar-refractivity contribution in [1.29, 1.82) is 0 Å². The minimum atomic E-state index is -0.0189. The average Bonchev–Trinajstić information content (AvgIpc) is 3.17. The lowest BCUT2D eigenvalue weighted by Gasteiger charge is -2.24. The summed E-state index contributed by atoms with van der Waals surface area (Å²) in [6.07, 6.45) is 1.89. The molecule has 1 fully saturated rings. The van der Waals surface area contributed by atoms with Crippen molar-refractivity contribution in [2.24, 2.45) is 0 Å². The van der Waals surface area contributed by atoms with Gasteiger partial charge in [-0.3, -0.25) is 4.79 Å². The van der Waals surface area contributed by atoms with Gasteiger partial charge in [0.15, 0.2) is 0 Å². The van der Waals surface area contributed by atoms with Crippen LogP contribution < -0.4 is 5.32 Å². The van der Waals surface area contributed by atoms with E-state index >= 15 is 0 Å². The smallest absolute Gasteiger partial charge is 0.254 e. The lowest BCUT2D eigenvalue weighted by Crippen LogP contribution is -2.31. The number of amides is 1. The second-order valence-electron chi connectivity index (χ2n) is 7.07. The molecule has 1 N–H and O–H groups in total. The molecule has 0 bridgehead atoms. The van der Waals surface area contributed by atoms with Gasteiger partial charge >= 0.3 is 0 Å². The van der Waals surface area contributed by atoms with Crippen LogP contribution in [0.15, 0.2) is 54.6 Å². The molecular formula is C22H23N5O. The normalized spacial score (nSPS) is 16.2. The summed E-state index contributed by atoms with van der Waals surface area (Å²) in [7, 11) is 0. The molecule has 6 heteroatoms. The van der Waals surface area contributed by atoms with Gasteiger partial charge in [-0.15, -0.1) is 0 Å².